The van der Waals surface area contributed by atoms with E-state index in [2.05, 4.69) is 25.4 Å². The molecular weight excluding hydrogens is 342 g/mol. The molecule has 4 heterocycles. The molecule has 2 aromatic heterocycles. The summed E-state index contributed by atoms with van der Waals surface area (Å²) in [6, 6.07) is 9.40. The largest absolute Gasteiger partial charge is 0.352 e. The number of nitrogens with zero attached hydrogens (tertiary/aromatic N) is 4. The lowest BCUT2D eigenvalue weighted by atomic mass is 10.1. The van der Waals surface area contributed by atoms with Gasteiger partial charge in [0, 0.05) is 29.5 Å². The smallest absolute Gasteiger partial charge is 0.209 e. The molecule has 0 bridgehead atoms. The lowest BCUT2D eigenvalue weighted by Crippen LogP contribution is -2.43. The summed E-state index contributed by atoms with van der Waals surface area (Å²) in [6.07, 6.45) is 4.47. The van der Waals surface area contributed by atoms with E-state index >= 15 is 0 Å². The number of aromatic amines is 1. The van der Waals surface area contributed by atoms with Crippen LogP contribution in [0, 0.1) is 0 Å². The Labute approximate surface area is 154 Å². The summed E-state index contributed by atoms with van der Waals surface area (Å²) in [6.45, 7) is 1.94. The van der Waals surface area contributed by atoms with Gasteiger partial charge < -0.3 is 10.7 Å². The minimum atomic E-state index is -0.601. The molecule has 134 valence electrons. The molecule has 5 rings (SSSR count). The zero-order valence-corrected chi connectivity index (χ0v) is 14.5. The van der Waals surface area contributed by atoms with Crippen molar-refractivity contribution in [2.75, 3.05) is 5.01 Å². The second kappa shape index (κ2) is 5.83. The van der Waals surface area contributed by atoms with Crippen molar-refractivity contribution >= 4 is 22.4 Å². The maximum atomic E-state index is 12.9. The van der Waals surface area contributed by atoms with Crippen molar-refractivity contribution in [1.29, 1.82) is 0 Å². The van der Waals surface area contributed by atoms with Gasteiger partial charge in [-0.1, -0.05) is 0 Å². The number of pyridine rings is 1. The Bertz CT molecular complexity index is 1190. The molecule has 8 heteroatoms. The van der Waals surface area contributed by atoms with Crippen molar-refractivity contribution in [2.45, 2.75) is 19.3 Å². The number of hydrazine groups is 1. The zero-order chi connectivity index (χ0) is 18.5. The molecule has 1 aromatic carbocycles. The van der Waals surface area contributed by atoms with Crippen molar-refractivity contribution < 1.29 is 4.79 Å². The maximum absolute atomic E-state index is 12.9. The van der Waals surface area contributed by atoms with E-state index in [4.69, 9.17) is 5.73 Å². The lowest BCUT2D eigenvalue weighted by Gasteiger charge is -2.17. The van der Waals surface area contributed by atoms with E-state index in [1.54, 1.807) is 29.7 Å². The summed E-state index contributed by atoms with van der Waals surface area (Å²) < 4.78 is 0. The van der Waals surface area contributed by atoms with E-state index in [1.807, 2.05) is 31.2 Å². The molecule has 0 aliphatic carbocycles. The Balaban J connectivity index is 1.48. The lowest BCUT2D eigenvalue weighted by molar-refractivity contribution is 0.102. The Morgan fingerprint density at radius 2 is 2.04 bits per heavy atom. The van der Waals surface area contributed by atoms with Crippen LogP contribution in [0.1, 0.15) is 17.4 Å². The monoisotopic (exact) mass is 359 g/mol. The highest BCUT2D eigenvalue weighted by atomic mass is 16.1. The number of fused-ring (bicyclic) bond motifs is 2. The average Bonchev–Trinajstić information content (AvgIpc) is 3.35. The fraction of sp³-hybridized carbons (Fsp3) is 0.158. The van der Waals surface area contributed by atoms with E-state index in [0.717, 1.165) is 27.3 Å². The summed E-state index contributed by atoms with van der Waals surface area (Å²) in [5.41, 5.74) is 11.9. The number of carbonyl (C=O) groups excluding carboxylic acids is 1. The molecule has 8 nitrogen and oxygen atoms in total. The molecule has 0 fully saturated rings. The van der Waals surface area contributed by atoms with Crippen molar-refractivity contribution in [1.82, 2.24) is 15.4 Å². The molecule has 2 aliphatic rings. The third-order valence-corrected chi connectivity index (χ3v) is 4.70. The number of H-pyrrole nitrogens is 1. The van der Waals surface area contributed by atoms with Crippen molar-refractivity contribution in [3.05, 3.63) is 70.9 Å². The molecule has 0 saturated carbocycles. The van der Waals surface area contributed by atoms with Gasteiger partial charge in [0.05, 0.1) is 27.7 Å². The van der Waals surface area contributed by atoms with Crippen LogP contribution >= 0.6 is 0 Å². The molecule has 0 amide bonds. The van der Waals surface area contributed by atoms with E-state index in [1.165, 1.54) is 0 Å². The molecule has 0 saturated heterocycles. The molecular formula is C19H17N7O. The number of hydrogen-bond donors (Lipinski definition) is 3. The summed E-state index contributed by atoms with van der Waals surface area (Å²) in [7, 11) is 0. The predicted molar refractivity (Wildman–Crippen MR) is 100 cm³/mol. The van der Waals surface area contributed by atoms with Gasteiger partial charge in [0.1, 0.15) is 12.3 Å². The van der Waals surface area contributed by atoms with Gasteiger partial charge in [-0.2, -0.15) is 0 Å². The highest BCUT2D eigenvalue weighted by molar-refractivity contribution is 6.11. The first kappa shape index (κ1) is 15.9. The molecule has 3 aromatic rings. The third-order valence-electron chi connectivity index (χ3n) is 4.70. The first-order valence-corrected chi connectivity index (χ1v) is 8.64. The molecule has 2 atom stereocenters. The minimum Gasteiger partial charge on any atom is -0.352 e. The summed E-state index contributed by atoms with van der Waals surface area (Å²) in [5.74, 6) is -0.150. The molecule has 2 aliphatic heterocycles. The molecule has 0 spiro atoms. The number of carbonyl (C=O) groups is 1. The van der Waals surface area contributed by atoms with Crippen LogP contribution in [0.15, 0.2) is 64.5 Å². The average molecular weight is 359 g/mol. The van der Waals surface area contributed by atoms with Crippen LogP contribution < -0.4 is 26.9 Å². The number of hydrogen-bond acceptors (Lipinski definition) is 7. The highest BCUT2D eigenvalue weighted by Gasteiger charge is 2.28. The first-order valence-electron chi connectivity index (χ1n) is 8.64. The Morgan fingerprint density at radius 3 is 2.89 bits per heavy atom. The van der Waals surface area contributed by atoms with Gasteiger partial charge in [-0.25, -0.2) is 5.43 Å². The second-order valence-corrected chi connectivity index (χ2v) is 6.60. The summed E-state index contributed by atoms with van der Waals surface area (Å²) in [4.78, 5) is 29.0. The van der Waals surface area contributed by atoms with E-state index in [-0.39, 0.29) is 11.9 Å². The van der Waals surface area contributed by atoms with Gasteiger partial charge in [0.25, 0.3) is 0 Å². The van der Waals surface area contributed by atoms with Gasteiger partial charge >= 0.3 is 0 Å². The number of Topliss-reactive ketones (excluding diaryl/α,β-unsaturated/α-hetero) is 1. The predicted octanol–water partition coefficient (Wildman–Crippen LogP) is 0.538. The standard InChI is InChI=1S/C19H17N7O/c1-10-22-15-3-2-12(7-16(15)23-10)26-9-13(19(20)25-26)18(27)17-6-11-8-21-5-4-14(11)24-17/h2-10,19,24-25H,20H2,1H3. The zero-order valence-electron chi connectivity index (χ0n) is 14.5. The highest BCUT2D eigenvalue weighted by Crippen LogP contribution is 2.22. The van der Waals surface area contributed by atoms with Crippen molar-refractivity contribution in [2.24, 2.45) is 15.7 Å². The number of nitrogens with one attached hydrogen (secondary N) is 2. The fourth-order valence-electron chi connectivity index (χ4n) is 3.38. The van der Waals surface area contributed by atoms with Crippen molar-refractivity contribution in [3.63, 3.8) is 0 Å². The minimum absolute atomic E-state index is 0.0618. The normalized spacial score (nSPS) is 21.0. The quantitative estimate of drug-likeness (QED) is 0.591. The van der Waals surface area contributed by atoms with Crippen LogP contribution in [-0.2, 0) is 0 Å². The van der Waals surface area contributed by atoms with Crippen LogP contribution in [0.4, 0.5) is 5.69 Å². The first-order chi connectivity index (χ1) is 13.1. The molecule has 0 radical (unpaired) electrons. The Kier molecular flexibility index (Phi) is 3.43. The van der Waals surface area contributed by atoms with Crippen LogP contribution in [-0.4, -0.2) is 28.1 Å². The number of ketones is 1. The van der Waals surface area contributed by atoms with Crippen LogP contribution in [0.5, 0.6) is 0 Å². The maximum Gasteiger partial charge on any atom is 0.209 e. The van der Waals surface area contributed by atoms with Crippen LogP contribution in [0.3, 0.4) is 0 Å². The van der Waals surface area contributed by atoms with Gasteiger partial charge in [0.2, 0.25) is 5.78 Å². The number of benzene rings is 1. The van der Waals surface area contributed by atoms with Gasteiger partial charge in [0.15, 0.2) is 0 Å². The topological polar surface area (TPSA) is 112 Å². The Morgan fingerprint density at radius 1 is 1.19 bits per heavy atom. The number of anilines is 1. The van der Waals surface area contributed by atoms with E-state index in [0.29, 0.717) is 11.3 Å². The third kappa shape index (κ3) is 2.62. The summed E-state index contributed by atoms with van der Waals surface area (Å²) >= 11 is 0. The van der Waals surface area contributed by atoms with Gasteiger partial charge in [-0.15, -0.1) is 0 Å². The SMILES string of the molecule is CC1N=c2ccc(N3C=C(C(=O)c4cc5cnccc5[nH]4)C(N)N3)cc2=N1. The van der Waals surface area contributed by atoms with E-state index in [9.17, 15) is 4.79 Å². The second-order valence-electron chi connectivity index (χ2n) is 6.60. The van der Waals surface area contributed by atoms with Gasteiger partial charge in [-0.05, 0) is 37.3 Å². The molecule has 2 unspecified atom stereocenters. The number of rotatable bonds is 3. The fourth-order valence-corrected chi connectivity index (χ4v) is 3.38. The summed E-state index contributed by atoms with van der Waals surface area (Å²) in [5, 5.41) is 4.35. The van der Waals surface area contributed by atoms with Crippen LogP contribution in [0.25, 0.3) is 10.9 Å². The van der Waals surface area contributed by atoms with Gasteiger partial charge in [-0.3, -0.25) is 24.8 Å². The number of aromatic nitrogens is 2. The molecule has 4 N–H and O–H groups in total. The number of nitrogens with two attached hydrogens (primary N) is 1. The molecule has 27 heavy (non-hydrogen) atoms. The Hall–Kier alpha value is -3.36. The van der Waals surface area contributed by atoms with Crippen LogP contribution in [0.2, 0.25) is 0 Å². The van der Waals surface area contributed by atoms with E-state index < -0.39 is 6.17 Å². The van der Waals surface area contributed by atoms with Crippen molar-refractivity contribution in [3.8, 4) is 0 Å².